The largest absolute Gasteiger partial charge is 0.357 e. The van der Waals surface area contributed by atoms with E-state index in [1.165, 1.54) is 11.1 Å². The number of aryl methyl sites for hydroxylation is 1. The van der Waals surface area contributed by atoms with Crippen LogP contribution in [-0.4, -0.2) is 38.0 Å². The molecule has 0 saturated carbocycles. The minimum atomic E-state index is 0.444. The van der Waals surface area contributed by atoms with E-state index >= 15 is 0 Å². The molecule has 0 aliphatic rings. The molecule has 1 atom stereocenters. The van der Waals surface area contributed by atoms with Crippen molar-refractivity contribution in [2.45, 2.75) is 26.7 Å². The minimum absolute atomic E-state index is 0.444. The average Bonchev–Trinajstić information content (AvgIpc) is 2.34. The minimum Gasteiger partial charge on any atom is -0.357 e. The van der Waals surface area contributed by atoms with Crippen molar-refractivity contribution >= 4 is 5.96 Å². The second-order valence-corrected chi connectivity index (χ2v) is 4.90. The molecule has 1 N–H and O–H groups in total. The summed E-state index contributed by atoms with van der Waals surface area (Å²) in [7, 11) is 4.02. The van der Waals surface area contributed by atoms with E-state index in [0.717, 1.165) is 19.0 Å². The highest BCUT2D eigenvalue weighted by Crippen LogP contribution is 2.16. The van der Waals surface area contributed by atoms with Gasteiger partial charge in [0.1, 0.15) is 0 Å². The van der Waals surface area contributed by atoms with Crippen molar-refractivity contribution in [1.82, 2.24) is 10.2 Å². The second-order valence-electron chi connectivity index (χ2n) is 4.90. The van der Waals surface area contributed by atoms with E-state index in [1.807, 2.05) is 19.0 Å². The molecule has 0 amide bonds. The number of rotatable bonds is 4. The average molecular weight is 247 g/mol. The lowest BCUT2D eigenvalue weighted by Gasteiger charge is -2.18. The third-order valence-corrected chi connectivity index (χ3v) is 2.92. The molecule has 0 bridgehead atoms. The predicted octanol–water partition coefficient (Wildman–Crippen LogP) is 2.63. The van der Waals surface area contributed by atoms with Crippen molar-refractivity contribution in [3.63, 3.8) is 0 Å². The van der Waals surface area contributed by atoms with Crippen LogP contribution in [0.25, 0.3) is 0 Å². The lowest BCUT2D eigenvalue weighted by Crippen LogP contribution is -2.36. The van der Waals surface area contributed by atoms with Crippen LogP contribution in [-0.2, 0) is 0 Å². The van der Waals surface area contributed by atoms with E-state index in [0.29, 0.717) is 5.92 Å². The summed E-state index contributed by atoms with van der Waals surface area (Å²) in [5.41, 5.74) is 2.65. The zero-order valence-electron chi connectivity index (χ0n) is 12.2. The predicted molar refractivity (Wildman–Crippen MR) is 79.3 cm³/mol. The maximum Gasteiger partial charge on any atom is 0.193 e. The molecule has 1 aromatic carbocycles. The fraction of sp³-hybridized carbons (Fsp3) is 0.533. The fourth-order valence-electron chi connectivity index (χ4n) is 1.74. The topological polar surface area (TPSA) is 27.6 Å². The van der Waals surface area contributed by atoms with E-state index in [2.05, 4.69) is 55.3 Å². The van der Waals surface area contributed by atoms with E-state index < -0.39 is 0 Å². The van der Waals surface area contributed by atoms with Crippen molar-refractivity contribution < 1.29 is 0 Å². The number of nitrogens with zero attached hydrogens (tertiary/aromatic N) is 2. The Kier molecular flexibility index (Phi) is 5.69. The molecule has 3 heteroatoms. The first-order valence-electron chi connectivity index (χ1n) is 6.56. The van der Waals surface area contributed by atoms with Crippen molar-refractivity contribution in [3.05, 3.63) is 35.4 Å². The number of aliphatic imine (C=N–C) groups is 1. The summed E-state index contributed by atoms with van der Waals surface area (Å²) < 4.78 is 0. The van der Waals surface area contributed by atoms with Gasteiger partial charge in [0.05, 0.1) is 0 Å². The first-order chi connectivity index (χ1) is 8.54. The molecule has 18 heavy (non-hydrogen) atoms. The lowest BCUT2D eigenvalue weighted by molar-refractivity contribution is 0.580. The van der Waals surface area contributed by atoms with Gasteiger partial charge in [-0.15, -0.1) is 0 Å². The highest BCUT2D eigenvalue weighted by molar-refractivity contribution is 5.79. The Morgan fingerprint density at radius 1 is 1.28 bits per heavy atom. The third kappa shape index (κ3) is 4.40. The van der Waals surface area contributed by atoms with Crippen LogP contribution in [0, 0.1) is 6.92 Å². The van der Waals surface area contributed by atoms with Crippen molar-refractivity contribution in [1.29, 1.82) is 0 Å². The summed E-state index contributed by atoms with van der Waals surface area (Å²) in [5.74, 6) is 1.40. The highest BCUT2D eigenvalue weighted by Gasteiger charge is 2.06. The summed E-state index contributed by atoms with van der Waals surface area (Å²) in [4.78, 5) is 6.66. The second kappa shape index (κ2) is 7.04. The summed E-state index contributed by atoms with van der Waals surface area (Å²) in [6.45, 7) is 8.12. The smallest absolute Gasteiger partial charge is 0.193 e. The number of guanidine groups is 1. The number of hydrogen-bond donors (Lipinski definition) is 1. The number of hydrogen-bond acceptors (Lipinski definition) is 1. The standard InChI is InChI=1S/C15H25N3/c1-6-16-15(18(4)5)17-11-13(3)14-9-7-12(2)8-10-14/h7-10,13H,6,11H2,1-5H3,(H,16,17). The molecule has 0 aliphatic heterocycles. The first kappa shape index (κ1) is 14.6. The van der Waals surface area contributed by atoms with Crippen LogP contribution >= 0.6 is 0 Å². The summed E-state index contributed by atoms with van der Waals surface area (Å²) in [6.07, 6.45) is 0. The monoisotopic (exact) mass is 247 g/mol. The maximum absolute atomic E-state index is 4.64. The lowest BCUT2D eigenvalue weighted by atomic mass is 10.0. The molecule has 100 valence electrons. The molecular weight excluding hydrogens is 222 g/mol. The molecule has 1 rings (SSSR count). The van der Waals surface area contributed by atoms with Gasteiger partial charge in [0, 0.05) is 33.1 Å². The molecule has 3 nitrogen and oxygen atoms in total. The van der Waals surface area contributed by atoms with Gasteiger partial charge >= 0.3 is 0 Å². The molecule has 0 saturated heterocycles. The summed E-state index contributed by atoms with van der Waals surface area (Å²) in [5, 5.41) is 3.27. The van der Waals surface area contributed by atoms with Gasteiger partial charge in [0.25, 0.3) is 0 Å². The Bertz CT molecular complexity index is 379. The van der Waals surface area contributed by atoms with Crippen LogP contribution < -0.4 is 5.32 Å². The maximum atomic E-state index is 4.64. The van der Waals surface area contributed by atoms with Crippen LogP contribution in [0.5, 0.6) is 0 Å². The molecule has 0 heterocycles. The summed E-state index contributed by atoms with van der Waals surface area (Å²) >= 11 is 0. The third-order valence-electron chi connectivity index (χ3n) is 2.92. The molecule has 0 spiro atoms. The summed E-state index contributed by atoms with van der Waals surface area (Å²) in [6, 6.07) is 8.70. The molecule has 0 aromatic heterocycles. The molecule has 0 radical (unpaired) electrons. The van der Waals surface area contributed by atoms with Crippen LogP contribution in [0.2, 0.25) is 0 Å². The Morgan fingerprint density at radius 2 is 1.89 bits per heavy atom. The Morgan fingerprint density at radius 3 is 2.39 bits per heavy atom. The highest BCUT2D eigenvalue weighted by atomic mass is 15.3. The van der Waals surface area contributed by atoms with E-state index in [4.69, 9.17) is 0 Å². The van der Waals surface area contributed by atoms with Gasteiger partial charge in [-0.3, -0.25) is 4.99 Å². The molecular formula is C15H25N3. The quantitative estimate of drug-likeness (QED) is 0.654. The van der Waals surface area contributed by atoms with Gasteiger partial charge in [-0.2, -0.15) is 0 Å². The molecule has 1 aromatic rings. The van der Waals surface area contributed by atoms with E-state index in [9.17, 15) is 0 Å². The SMILES string of the molecule is CCNC(=NCC(C)c1ccc(C)cc1)N(C)C. The van der Waals surface area contributed by atoms with Gasteiger partial charge in [-0.05, 0) is 19.4 Å². The first-order valence-corrected chi connectivity index (χ1v) is 6.56. The van der Waals surface area contributed by atoms with Gasteiger partial charge in [-0.1, -0.05) is 36.8 Å². The van der Waals surface area contributed by atoms with E-state index in [-0.39, 0.29) is 0 Å². The zero-order chi connectivity index (χ0) is 13.5. The van der Waals surface area contributed by atoms with Crippen LogP contribution in [0.4, 0.5) is 0 Å². The van der Waals surface area contributed by atoms with Crippen LogP contribution in [0.15, 0.2) is 29.3 Å². The van der Waals surface area contributed by atoms with Crippen molar-refractivity contribution in [3.8, 4) is 0 Å². The van der Waals surface area contributed by atoms with Gasteiger partial charge in [0.15, 0.2) is 5.96 Å². The number of benzene rings is 1. The Hall–Kier alpha value is -1.51. The van der Waals surface area contributed by atoms with E-state index in [1.54, 1.807) is 0 Å². The van der Waals surface area contributed by atoms with Gasteiger partial charge < -0.3 is 10.2 Å². The van der Waals surface area contributed by atoms with Crippen LogP contribution in [0.1, 0.15) is 30.9 Å². The Balaban J connectivity index is 2.66. The molecule has 0 aliphatic carbocycles. The normalized spacial score (nSPS) is 13.3. The number of nitrogens with one attached hydrogen (secondary N) is 1. The fourth-order valence-corrected chi connectivity index (χ4v) is 1.74. The Labute approximate surface area is 111 Å². The molecule has 0 fully saturated rings. The zero-order valence-corrected chi connectivity index (χ0v) is 12.2. The van der Waals surface area contributed by atoms with Gasteiger partial charge in [-0.25, -0.2) is 0 Å². The van der Waals surface area contributed by atoms with Crippen molar-refractivity contribution in [2.75, 3.05) is 27.2 Å². The van der Waals surface area contributed by atoms with Gasteiger partial charge in [0.2, 0.25) is 0 Å². The molecule has 1 unspecified atom stereocenters. The van der Waals surface area contributed by atoms with Crippen LogP contribution in [0.3, 0.4) is 0 Å². The van der Waals surface area contributed by atoms with Crippen molar-refractivity contribution in [2.24, 2.45) is 4.99 Å².